The van der Waals surface area contributed by atoms with E-state index in [2.05, 4.69) is 49.6 Å². The highest BCUT2D eigenvalue weighted by atomic mass is 15.1. The zero-order valence-corrected chi connectivity index (χ0v) is 12.9. The molecular formula is C18H21N3. The van der Waals surface area contributed by atoms with Crippen molar-refractivity contribution in [2.45, 2.75) is 33.6 Å². The van der Waals surface area contributed by atoms with E-state index in [1.54, 1.807) is 0 Å². The SMILES string of the molecule is CCCc1nc2cc(N)ccc2n1-c1cc(C)cc(C)c1. The van der Waals surface area contributed by atoms with Crippen LogP contribution in [0.3, 0.4) is 0 Å². The van der Waals surface area contributed by atoms with Crippen molar-refractivity contribution in [2.24, 2.45) is 0 Å². The van der Waals surface area contributed by atoms with Gasteiger partial charge in [-0.05, 0) is 61.7 Å². The number of nitrogens with two attached hydrogens (primary N) is 1. The molecule has 0 fully saturated rings. The summed E-state index contributed by atoms with van der Waals surface area (Å²) in [7, 11) is 0. The van der Waals surface area contributed by atoms with Gasteiger partial charge in [0.25, 0.3) is 0 Å². The van der Waals surface area contributed by atoms with Crippen molar-refractivity contribution < 1.29 is 0 Å². The van der Waals surface area contributed by atoms with Gasteiger partial charge in [0.05, 0.1) is 11.0 Å². The lowest BCUT2D eigenvalue weighted by molar-refractivity contribution is 0.818. The second-order valence-corrected chi connectivity index (χ2v) is 5.71. The van der Waals surface area contributed by atoms with E-state index < -0.39 is 0 Å². The minimum atomic E-state index is 0.760. The largest absolute Gasteiger partial charge is 0.399 e. The normalized spacial score (nSPS) is 11.2. The third kappa shape index (κ3) is 2.51. The molecule has 1 heterocycles. The Morgan fingerprint density at radius 3 is 2.43 bits per heavy atom. The van der Waals surface area contributed by atoms with Crippen LogP contribution in [0.5, 0.6) is 0 Å². The van der Waals surface area contributed by atoms with Crippen LogP contribution in [0.1, 0.15) is 30.3 Å². The molecule has 0 bridgehead atoms. The molecule has 3 heteroatoms. The number of anilines is 1. The van der Waals surface area contributed by atoms with Gasteiger partial charge in [-0.3, -0.25) is 4.57 Å². The summed E-state index contributed by atoms with van der Waals surface area (Å²) in [5.74, 6) is 1.10. The molecule has 3 aromatic rings. The number of benzene rings is 2. The maximum Gasteiger partial charge on any atom is 0.114 e. The predicted octanol–water partition coefficient (Wildman–Crippen LogP) is 4.18. The molecule has 0 atom stereocenters. The number of aryl methyl sites for hydroxylation is 3. The van der Waals surface area contributed by atoms with Gasteiger partial charge in [-0.1, -0.05) is 13.0 Å². The van der Waals surface area contributed by atoms with Crippen LogP contribution in [-0.2, 0) is 6.42 Å². The van der Waals surface area contributed by atoms with Gasteiger partial charge < -0.3 is 5.73 Å². The zero-order chi connectivity index (χ0) is 15.0. The van der Waals surface area contributed by atoms with Crippen molar-refractivity contribution >= 4 is 16.7 Å². The Kier molecular flexibility index (Phi) is 3.42. The van der Waals surface area contributed by atoms with E-state index >= 15 is 0 Å². The van der Waals surface area contributed by atoms with Gasteiger partial charge in [0.1, 0.15) is 5.82 Å². The summed E-state index contributed by atoms with van der Waals surface area (Å²) >= 11 is 0. The van der Waals surface area contributed by atoms with Gasteiger partial charge >= 0.3 is 0 Å². The van der Waals surface area contributed by atoms with Crippen molar-refractivity contribution in [3.63, 3.8) is 0 Å². The Labute approximate surface area is 125 Å². The van der Waals surface area contributed by atoms with Crippen molar-refractivity contribution in [3.05, 3.63) is 53.3 Å². The highest BCUT2D eigenvalue weighted by molar-refractivity contribution is 5.81. The lowest BCUT2D eigenvalue weighted by Crippen LogP contribution is -2.02. The molecule has 0 spiro atoms. The van der Waals surface area contributed by atoms with Crippen LogP contribution in [0.4, 0.5) is 5.69 Å². The van der Waals surface area contributed by atoms with Crippen molar-refractivity contribution in [2.75, 3.05) is 5.73 Å². The molecule has 0 radical (unpaired) electrons. The van der Waals surface area contributed by atoms with Crippen molar-refractivity contribution in [3.8, 4) is 5.69 Å². The molecule has 2 aromatic carbocycles. The number of aromatic nitrogens is 2. The van der Waals surface area contributed by atoms with E-state index in [1.807, 2.05) is 12.1 Å². The number of nitrogen functional groups attached to an aromatic ring is 1. The highest BCUT2D eigenvalue weighted by Gasteiger charge is 2.12. The molecule has 0 saturated heterocycles. The first-order valence-electron chi connectivity index (χ1n) is 7.44. The summed E-state index contributed by atoms with van der Waals surface area (Å²) in [4.78, 5) is 4.78. The number of nitrogens with zero attached hydrogens (tertiary/aromatic N) is 2. The third-order valence-electron chi connectivity index (χ3n) is 3.69. The molecule has 21 heavy (non-hydrogen) atoms. The number of rotatable bonds is 3. The molecule has 0 unspecified atom stereocenters. The summed E-state index contributed by atoms with van der Waals surface area (Å²) < 4.78 is 2.26. The molecule has 3 nitrogen and oxygen atoms in total. The Balaban J connectivity index is 2.30. The smallest absolute Gasteiger partial charge is 0.114 e. The second kappa shape index (κ2) is 5.24. The summed E-state index contributed by atoms with van der Waals surface area (Å²) in [5, 5.41) is 0. The van der Waals surface area contributed by atoms with Gasteiger partial charge in [0.2, 0.25) is 0 Å². The molecular weight excluding hydrogens is 258 g/mol. The van der Waals surface area contributed by atoms with Gasteiger partial charge in [0, 0.05) is 17.8 Å². The first-order valence-corrected chi connectivity index (χ1v) is 7.44. The fourth-order valence-electron chi connectivity index (χ4n) is 2.91. The van der Waals surface area contributed by atoms with E-state index in [1.165, 1.54) is 16.8 Å². The molecule has 3 rings (SSSR count). The van der Waals surface area contributed by atoms with Crippen LogP contribution in [0.25, 0.3) is 16.7 Å². The third-order valence-corrected chi connectivity index (χ3v) is 3.69. The quantitative estimate of drug-likeness (QED) is 0.731. The van der Waals surface area contributed by atoms with E-state index in [4.69, 9.17) is 10.7 Å². The monoisotopic (exact) mass is 279 g/mol. The van der Waals surface area contributed by atoms with Gasteiger partial charge in [-0.25, -0.2) is 4.98 Å². The lowest BCUT2D eigenvalue weighted by atomic mass is 10.1. The molecule has 0 aliphatic carbocycles. The highest BCUT2D eigenvalue weighted by Crippen LogP contribution is 2.25. The molecule has 0 aliphatic rings. The number of hydrogen-bond donors (Lipinski definition) is 1. The first kappa shape index (κ1) is 13.7. The Morgan fingerprint density at radius 2 is 1.76 bits per heavy atom. The minimum absolute atomic E-state index is 0.760. The minimum Gasteiger partial charge on any atom is -0.399 e. The van der Waals surface area contributed by atoms with Crippen LogP contribution in [0.2, 0.25) is 0 Å². The average molecular weight is 279 g/mol. The Hall–Kier alpha value is -2.29. The predicted molar refractivity (Wildman–Crippen MR) is 89.0 cm³/mol. The van der Waals surface area contributed by atoms with Crippen LogP contribution >= 0.6 is 0 Å². The number of fused-ring (bicyclic) bond motifs is 1. The average Bonchev–Trinajstić information content (AvgIpc) is 2.75. The molecule has 2 N–H and O–H groups in total. The van der Waals surface area contributed by atoms with E-state index in [0.717, 1.165) is 35.4 Å². The van der Waals surface area contributed by atoms with Gasteiger partial charge in [-0.2, -0.15) is 0 Å². The van der Waals surface area contributed by atoms with Crippen LogP contribution in [0.15, 0.2) is 36.4 Å². The van der Waals surface area contributed by atoms with E-state index in [-0.39, 0.29) is 0 Å². The number of hydrogen-bond acceptors (Lipinski definition) is 2. The van der Waals surface area contributed by atoms with Crippen LogP contribution in [-0.4, -0.2) is 9.55 Å². The molecule has 1 aromatic heterocycles. The van der Waals surface area contributed by atoms with Crippen LogP contribution in [0, 0.1) is 13.8 Å². The molecule has 0 saturated carbocycles. The second-order valence-electron chi connectivity index (χ2n) is 5.71. The lowest BCUT2D eigenvalue weighted by Gasteiger charge is -2.11. The Morgan fingerprint density at radius 1 is 1.05 bits per heavy atom. The van der Waals surface area contributed by atoms with E-state index in [0.29, 0.717) is 0 Å². The Bertz CT molecular complexity index is 779. The molecule has 0 aliphatic heterocycles. The summed E-state index contributed by atoms with van der Waals surface area (Å²) in [5.41, 5.74) is 12.5. The molecule has 0 amide bonds. The molecule has 108 valence electrons. The topological polar surface area (TPSA) is 43.8 Å². The summed E-state index contributed by atoms with van der Waals surface area (Å²) in [6.45, 7) is 6.44. The maximum absolute atomic E-state index is 5.89. The zero-order valence-electron chi connectivity index (χ0n) is 12.9. The maximum atomic E-state index is 5.89. The van der Waals surface area contributed by atoms with E-state index in [9.17, 15) is 0 Å². The first-order chi connectivity index (χ1) is 10.1. The number of imidazole rings is 1. The van der Waals surface area contributed by atoms with Gasteiger partial charge in [-0.15, -0.1) is 0 Å². The fourth-order valence-corrected chi connectivity index (χ4v) is 2.91. The van der Waals surface area contributed by atoms with Crippen LogP contribution < -0.4 is 5.73 Å². The van der Waals surface area contributed by atoms with Crippen molar-refractivity contribution in [1.82, 2.24) is 9.55 Å². The van der Waals surface area contributed by atoms with Crippen molar-refractivity contribution in [1.29, 1.82) is 0 Å². The summed E-state index contributed by atoms with van der Waals surface area (Å²) in [6.07, 6.45) is 2.03. The standard InChI is InChI=1S/C18H21N3/c1-4-5-18-20-16-11-14(19)6-7-17(16)21(18)15-9-12(2)8-13(3)10-15/h6-11H,4-5,19H2,1-3H3. The fraction of sp³-hybridized carbons (Fsp3) is 0.278. The van der Waals surface area contributed by atoms with Gasteiger partial charge in [0.15, 0.2) is 0 Å². The summed E-state index contributed by atoms with van der Waals surface area (Å²) in [6, 6.07) is 12.6.